The Labute approximate surface area is 129 Å². The van der Waals surface area contributed by atoms with Crippen molar-refractivity contribution >= 4 is 38.4 Å². The summed E-state index contributed by atoms with van der Waals surface area (Å²) in [6.07, 6.45) is -1.92. The van der Waals surface area contributed by atoms with Gasteiger partial charge < -0.3 is 5.32 Å². The third-order valence-corrected chi connectivity index (χ3v) is 5.64. The van der Waals surface area contributed by atoms with E-state index in [1.54, 1.807) is 0 Å². The lowest BCUT2D eigenvalue weighted by Gasteiger charge is -2.21. The molecule has 1 aromatic heterocycles. The van der Waals surface area contributed by atoms with Crippen molar-refractivity contribution in [2.24, 2.45) is 5.92 Å². The molecule has 0 aliphatic carbocycles. The van der Waals surface area contributed by atoms with Crippen LogP contribution < -0.4 is 5.32 Å². The highest BCUT2D eigenvalue weighted by Crippen LogP contribution is 2.34. The molecule has 2 nitrogen and oxygen atoms in total. The van der Waals surface area contributed by atoms with Crippen molar-refractivity contribution in [3.05, 3.63) is 23.8 Å². The number of hydrogen-bond donors (Lipinski definition) is 1. The molecule has 2 heterocycles. The van der Waals surface area contributed by atoms with Crippen molar-refractivity contribution in [2.75, 3.05) is 23.4 Å². The van der Waals surface area contributed by atoms with Crippen molar-refractivity contribution in [3.63, 3.8) is 0 Å². The first-order chi connectivity index (χ1) is 10.0. The van der Waals surface area contributed by atoms with Crippen molar-refractivity contribution in [1.29, 1.82) is 0 Å². The van der Waals surface area contributed by atoms with E-state index in [2.05, 4.69) is 10.3 Å². The summed E-state index contributed by atoms with van der Waals surface area (Å²) in [6.45, 7) is 0.854. The van der Waals surface area contributed by atoms with Crippen LogP contribution in [0, 0.1) is 5.92 Å². The first-order valence-corrected chi connectivity index (χ1v) is 8.79. The highest BCUT2D eigenvalue weighted by molar-refractivity contribution is 7.99. The Kier molecular flexibility index (Phi) is 4.31. The van der Waals surface area contributed by atoms with Gasteiger partial charge in [0.05, 0.1) is 15.8 Å². The van der Waals surface area contributed by atoms with Crippen molar-refractivity contribution in [1.82, 2.24) is 4.98 Å². The Hall–Kier alpha value is -0.950. The van der Waals surface area contributed by atoms with Gasteiger partial charge in [0.1, 0.15) is 0 Å². The highest BCUT2D eigenvalue weighted by atomic mass is 32.2. The molecule has 1 saturated heterocycles. The van der Waals surface area contributed by atoms with Gasteiger partial charge >= 0.3 is 6.18 Å². The first kappa shape index (κ1) is 15.0. The number of rotatable bonds is 3. The molecule has 114 valence electrons. The van der Waals surface area contributed by atoms with Crippen LogP contribution in [0.15, 0.2) is 18.2 Å². The number of aromatic nitrogens is 1. The van der Waals surface area contributed by atoms with Gasteiger partial charge in [-0.1, -0.05) is 11.3 Å². The van der Waals surface area contributed by atoms with Crippen LogP contribution in [-0.2, 0) is 6.18 Å². The van der Waals surface area contributed by atoms with E-state index in [9.17, 15) is 13.2 Å². The smallest absolute Gasteiger partial charge is 0.361 e. The van der Waals surface area contributed by atoms with Crippen molar-refractivity contribution in [3.8, 4) is 0 Å². The number of halogens is 3. The van der Waals surface area contributed by atoms with Crippen molar-refractivity contribution in [2.45, 2.75) is 19.0 Å². The molecule has 0 saturated carbocycles. The van der Waals surface area contributed by atoms with Gasteiger partial charge in [-0.3, -0.25) is 0 Å². The molecule has 1 aromatic carbocycles. The van der Waals surface area contributed by atoms with Gasteiger partial charge in [-0.05, 0) is 48.5 Å². The Morgan fingerprint density at radius 3 is 2.71 bits per heavy atom. The number of benzene rings is 1. The van der Waals surface area contributed by atoms with E-state index < -0.39 is 11.7 Å². The second kappa shape index (κ2) is 6.04. The average Bonchev–Trinajstić information content (AvgIpc) is 2.87. The molecular weight excluding hydrogens is 317 g/mol. The molecule has 0 bridgehead atoms. The van der Waals surface area contributed by atoms with E-state index in [1.165, 1.54) is 41.8 Å². The minimum absolute atomic E-state index is 0.413. The monoisotopic (exact) mass is 332 g/mol. The number of thiazole rings is 1. The zero-order chi connectivity index (χ0) is 14.9. The molecule has 1 aliphatic rings. The van der Waals surface area contributed by atoms with E-state index >= 15 is 0 Å². The molecule has 1 fully saturated rings. The van der Waals surface area contributed by atoms with Gasteiger partial charge in [-0.15, -0.1) is 0 Å². The zero-order valence-electron chi connectivity index (χ0n) is 11.2. The quantitative estimate of drug-likeness (QED) is 0.868. The van der Waals surface area contributed by atoms with Gasteiger partial charge in [0.25, 0.3) is 0 Å². The number of thioether (sulfide) groups is 1. The minimum atomic E-state index is -4.31. The summed E-state index contributed by atoms with van der Waals surface area (Å²) in [5.74, 6) is 3.03. The standard InChI is InChI=1S/C14H15F3N2S2/c15-14(16,17)10-1-2-12-11(7-10)19-13(21-12)18-8-9-3-5-20-6-4-9/h1-2,7,9H,3-6,8H2,(H,18,19). The topological polar surface area (TPSA) is 24.9 Å². The van der Waals surface area contributed by atoms with Crippen LogP contribution in [0.4, 0.5) is 18.3 Å². The molecule has 3 rings (SSSR count). The van der Waals surface area contributed by atoms with E-state index in [-0.39, 0.29) is 0 Å². The number of nitrogens with zero attached hydrogens (tertiary/aromatic N) is 1. The van der Waals surface area contributed by atoms with Crippen LogP contribution >= 0.6 is 23.1 Å². The number of alkyl halides is 3. The van der Waals surface area contributed by atoms with E-state index in [0.29, 0.717) is 16.6 Å². The number of hydrogen-bond acceptors (Lipinski definition) is 4. The van der Waals surface area contributed by atoms with E-state index in [1.807, 2.05) is 11.8 Å². The van der Waals surface area contributed by atoms with Gasteiger partial charge in [0, 0.05) is 6.54 Å². The lowest BCUT2D eigenvalue weighted by atomic mass is 10.0. The maximum atomic E-state index is 12.7. The maximum absolute atomic E-state index is 12.7. The summed E-state index contributed by atoms with van der Waals surface area (Å²) >= 11 is 3.39. The third-order valence-electron chi connectivity index (χ3n) is 3.60. The highest BCUT2D eigenvalue weighted by Gasteiger charge is 2.30. The summed E-state index contributed by atoms with van der Waals surface area (Å²) < 4.78 is 38.8. The summed E-state index contributed by atoms with van der Waals surface area (Å²) in [5.41, 5.74) is -0.229. The van der Waals surface area contributed by atoms with E-state index in [0.717, 1.165) is 23.4 Å². The van der Waals surface area contributed by atoms with E-state index in [4.69, 9.17) is 0 Å². The second-order valence-electron chi connectivity index (χ2n) is 5.14. The largest absolute Gasteiger partial charge is 0.416 e. The predicted molar refractivity (Wildman–Crippen MR) is 83.2 cm³/mol. The molecule has 1 aliphatic heterocycles. The Bertz CT molecular complexity index is 618. The van der Waals surface area contributed by atoms with Crippen LogP contribution in [0.3, 0.4) is 0 Å². The average molecular weight is 332 g/mol. The summed E-state index contributed by atoms with van der Waals surface area (Å²) in [6, 6.07) is 3.73. The summed E-state index contributed by atoms with van der Waals surface area (Å²) in [4.78, 5) is 4.27. The lowest BCUT2D eigenvalue weighted by Crippen LogP contribution is -2.18. The molecule has 0 amide bonds. The van der Waals surface area contributed by atoms with Crippen LogP contribution in [-0.4, -0.2) is 23.0 Å². The van der Waals surface area contributed by atoms with Gasteiger partial charge in [-0.25, -0.2) is 4.98 Å². The molecule has 0 atom stereocenters. The lowest BCUT2D eigenvalue weighted by molar-refractivity contribution is -0.137. The predicted octanol–water partition coefficient (Wildman–Crippen LogP) is 4.87. The summed E-state index contributed by atoms with van der Waals surface area (Å²) in [7, 11) is 0. The number of fused-ring (bicyclic) bond motifs is 1. The third kappa shape index (κ3) is 3.63. The minimum Gasteiger partial charge on any atom is -0.361 e. The van der Waals surface area contributed by atoms with Crippen LogP contribution in [0.2, 0.25) is 0 Å². The molecule has 1 N–H and O–H groups in total. The maximum Gasteiger partial charge on any atom is 0.416 e. The van der Waals surface area contributed by atoms with Gasteiger partial charge in [0.15, 0.2) is 5.13 Å². The van der Waals surface area contributed by atoms with Gasteiger partial charge in [-0.2, -0.15) is 24.9 Å². The number of nitrogens with one attached hydrogen (secondary N) is 1. The molecular formula is C14H15F3N2S2. The zero-order valence-corrected chi connectivity index (χ0v) is 12.9. The van der Waals surface area contributed by atoms with Gasteiger partial charge in [0.2, 0.25) is 0 Å². The molecule has 0 spiro atoms. The number of anilines is 1. The van der Waals surface area contributed by atoms with Crippen molar-refractivity contribution < 1.29 is 13.2 Å². The fourth-order valence-corrected chi connectivity index (χ4v) is 4.42. The second-order valence-corrected chi connectivity index (χ2v) is 7.39. The Balaban J connectivity index is 1.71. The Morgan fingerprint density at radius 1 is 1.24 bits per heavy atom. The van der Waals surface area contributed by atoms with Crippen LogP contribution in [0.1, 0.15) is 18.4 Å². The molecule has 0 radical (unpaired) electrons. The molecule has 0 unspecified atom stereocenters. The molecule has 2 aromatic rings. The summed E-state index contributed by atoms with van der Waals surface area (Å²) in [5, 5.41) is 3.99. The molecule has 21 heavy (non-hydrogen) atoms. The Morgan fingerprint density at radius 2 is 2.00 bits per heavy atom. The van der Waals surface area contributed by atoms with Crippen LogP contribution in [0.5, 0.6) is 0 Å². The first-order valence-electron chi connectivity index (χ1n) is 6.82. The normalized spacial score (nSPS) is 17.3. The SMILES string of the molecule is FC(F)(F)c1ccc2sc(NCC3CCSCC3)nc2c1. The molecule has 7 heteroatoms. The fraction of sp³-hybridized carbons (Fsp3) is 0.500. The fourth-order valence-electron chi connectivity index (χ4n) is 2.36. The van der Waals surface area contributed by atoms with Crippen LogP contribution in [0.25, 0.3) is 10.2 Å².